The van der Waals surface area contributed by atoms with E-state index in [1.807, 2.05) is 18.2 Å². The Labute approximate surface area is 331 Å². The molecule has 3 nitrogen and oxygen atoms in total. The number of hydrogen-bond acceptors (Lipinski definition) is 3. The van der Waals surface area contributed by atoms with Crippen LogP contribution < -0.4 is 4.90 Å². The molecule has 0 radical (unpaired) electrons. The van der Waals surface area contributed by atoms with Crippen molar-refractivity contribution in [2.45, 2.75) is 12.8 Å². The van der Waals surface area contributed by atoms with Gasteiger partial charge in [-0.1, -0.05) is 152 Å². The third-order valence-electron chi connectivity index (χ3n) is 11.4. The molecule has 0 aliphatic heterocycles. The maximum Gasteiger partial charge on any atom is 0.144 e. The standard InChI is InChI=1S/C54H37NO2/c1-3-13-36(14-4-1)38-23-25-40(26-24-38)44-17-7-10-20-48(44)55(42-31-27-39(28-32-42)37-15-5-2-6-16-37)43-33-29-41(30-34-43)47-35-51-52(45-18-8-11-21-49(45)56-51)53-46-19-9-12-22-50(46)57-54(47)53/h1-23,25,27-35H,24,26H2. The lowest BCUT2D eigenvalue weighted by Crippen LogP contribution is -2.12. The van der Waals surface area contributed by atoms with Crippen molar-refractivity contribution in [2.24, 2.45) is 0 Å². The predicted octanol–water partition coefficient (Wildman–Crippen LogP) is 15.5. The van der Waals surface area contributed by atoms with E-state index in [1.165, 1.54) is 33.4 Å². The molecule has 0 saturated carbocycles. The van der Waals surface area contributed by atoms with Crippen LogP contribution in [-0.4, -0.2) is 0 Å². The summed E-state index contributed by atoms with van der Waals surface area (Å²) in [5.74, 6) is 0. The summed E-state index contributed by atoms with van der Waals surface area (Å²) in [6.07, 6.45) is 6.58. The van der Waals surface area contributed by atoms with Gasteiger partial charge in [0, 0.05) is 44.0 Å². The van der Waals surface area contributed by atoms with Crippen molar-refractivity contribution in [3.05, 3.63) is 211 Å². The summed E-state index contributed by atoms with van der Waals surface area (Å²) >= 11 is 0. The highest BCUT2D eigenvalue weighted by Gasteiger charge is 2.23. The maximum absolute atomic E-state index is 6.68. The van der Waals surface area contributed by atoms with Gasteiger partial charge >= 0.3 is 0 Å². The van der Waals surface area contributed by atoms with Crippen LogP contribution in [0.1, 0.15) is 24.0 Å². The summed E-state index contributed by atoms with van der Waals surface area (Å²) in [5, 5.41) is 4.37. The highest BCUT2D eigenvalue weighted by molar-refractivity contribution is 6.28. The first-order chi connectivity index (χ1) is 28.3. The Hall–Kier alpha value is -7.36. The van der Waals surface area contributed by atoms with Crippen molar-refractivity contribution in [1.82, 2.24) is 0 Å². The van der Waals surface area contributed by atoms with Crippen LogP contribution in [0.2, 0.25) is 0 Å². The molecular weight excluding hydrogens is 695 g/mol. The van der Waals surface area contributed by atoms with Crippen molar-refractivity contribution in [3.63, 3.8) is 0 Å². The van der Waals surface area contributed by atoms with Crippen LogP contribution in [0, 0.1) is 0 Å². The van der Waals surface area contributed by atoms with Crippen LogP contribution >= 0.6 is 0 Å². The molecule has 0 spiro atoms. The SMILES string of the molecule is C1=C(c2ccccc2)CCC(c2ccccc2N(c2ccc(-c3ccccc3)cc2)c2ccc(-c3cc4oc5ccccc5c4c4c3oc3ccccc34)cc2)=C1. The number of nitrogens with zero attached hydrogens (tertiary/aromatic N) is 1. The van der Waals surface area contributed by atoms with Crippen LogP contribution in [0.4, 0.5) is 17.1 Å². The molecule has 1 aliphatic rings. The lowest BCUT2D eigenvalue weighted by molar-refractivity contribution is 0.664. The summed E-state index contributed by atoms with van der Waals surface area (Å²) in [6.45, 7) is 0. The molecule has 0 amide bonds. The average Bonchev–Trinajstić information content (AvgIpc) is 3.86. The molecule has 1 aliphatic carbocycles. The Balaban J connectivity index is 1.05. The number of allylic oxidation sites excluding steroid dienone is 4. The molecular formula is C54H37NO2. The number of hydrogen-bond donors (Lipinski definition) is 0. The zero-order valence-electron chi connectivity index (χ0n) is 31.2. The summed E-state index contributed by atoms with van der Waals surface area (Å²) in [6, 6.07) is 66.7. The van der Waals surface area contributed by atoms with E-state index in [-0.39, 0.29) is 0 Å². The van der Waals surface area contributed by atoms with Gasteiger partial charge in [0.2, 0.25) is 0 Å². The van der Waals surface area contributed by atoms with Crippen LogP contribution in [0.3, 0.4) is 0 Å². The third kappa shape index (κ3) is 5.75. The summed E-state index contributed by atoms with van der Waals surface area (Å²) in [5.41, 5.74) is 16.5. The summed E-state index contributed by atoms with van der Waals surface area (Å²) in [7, 11) is 0. The fourth-order valence-electron chi connectivity index (χ4n) is 8.66. The van der Waals surface area contributed by atoms with Crippen molar-refractivity contribution in [1.29, 1.82) is 0 Å². The highest BCUT2D eigenvalue weighted by Crippen LogP contribution is 2.46. The van der Waals surface area contributed by atoms with Crippen LogP contribution in [0.25, 0.3) is 77.3 Å². The second-order valence-electron chi connectivity index (χ2n) is 14.8. The number of para-hydroxylation sites is 3. The van der Waals surface area contributed by atoms with Gasteiger partial charge in [0.15, 0.2) is 0 Å². The van der Waals surface area contributed by atoms with Crippen molar-refractivity contribution < 1.29 is 8.83 Å². The van der Waals surface area contributed by atoms with E-state index in [4.69, 9.17) is 8.83 Å². The smallest absolute Gasteiger partial charge is 0.144 e. The van der Waals surface area contributed by atoms with Gasteiger partial charge in [-0.2, -0.15) is 0 Å². The van der Waals surface area contributed by atoms with Crippen LogP contribution in [0.15, 0.2) is 209 Å². The van der Waals surface area contributed by atoms with E-state index in [1.54, 1.807) is 0 Å². The quantitative estimate of drug-likeness (QED) is 0.163. The topological polar surface area (TPSA) is 29.5 Å². The van der Waals surface area contributed by atoms with E-state index in [9.17, 15) is 0 Å². The first-order valence-corrected chi connectivity index (χ1v) is 19.6. The number of fused-ring (bicyclic) bond motifs is 7. The monoisotopic (exact) mass is 731 g/mol. The van der Waals surface area contributed by atoms with Gasteiger partial charge < -0.3 is 13.7 Å². The van der Waals surface area contributed by atoms with Gasteiger partial charge in [-0.25, -0.2) is 0 Å². The molecule has 0 unspecified atom stereocenters. The molecule has 0 bridgehead atoms. The molecule has 10 aromatic rings. The molecule has 270 valence electrons. The minimum absolute atomic E-state index is 0.855. The molecule has 11 rings (SSSR count). The molecule has 0 atom stereocenters. The van der Waals surface area contributed by atoms with Crippen molar-refractivity contribution in [2.75, 3.05) is 4.90 Å². The number of rotatable bonds is 7. The fraction of sp³-hybridized carbons (Fsp3) is 0.0370. The Morgan fingerprint density at radius 2 is 0.895 bits per heavy atom. The lowest BCUT2D eigenvalue weighted by Gasteiger charge is -2.29. The minimum Gasteiger partial charge on any atom is -0.456 e. The lowest BCUT2D eigenvalue weighted by atomic mass is 9.89. The molecule has 0 saturated heterocycles. The largest absolute Gasteiger partial charge is 0.456 e. The first-order valence-electron chi connectivity index (χ1n) is 19.6. The molecule has 0 N–H and O–H groups in total. The summed E-state index contributed by atoms with van der Waals surface area (Å²) in [4.78, 5) is 2.39. The number of benzene rings is 8. The second kappa shape index (κ2) is 13.7. The second-order valence-corrected chi connectivity index (χ2v) is 14.8. The molecule has 3 heteroatoms. The van der Waals surface area contributed by atoms with E-state index >= 15 is 0 Å². The van der Waals surface area contributed by atoms with E-state index < -0.39 is 0 Å². The first kappa shape index (κ1) is 33.0. The maximum atomic E-state index is 6.68. The van der Waals surface area contributed by atoms with Gasteiger partial charge in [-0.05, 0) is 94.8 Å². The molecule has 2 aromatic heterocycles. The van der Waals surface area contributed by atoms with E-state index in [0.29, 0.717) is 0 Å². The van der Waals surface area contributed by atoms with Gasteiger partial charge in [0.05, 0.1) is 5.69 Å². The Morgan fingerprint density at radius 1 is 0.368 bits per heavy atom. The highest BCUT2D eigenvalue weighted by atomic mass is 16.3. The zero-order valence-corrected chi connectivity index (χ0v) is 31.2. The summed E-state index contributed by atoms with van der Waals surface area (Å²) < 4.78 is 13.2. The predicted molar refractivity (Wildman–Crippen MR) is 238 cm³/mol. The van der Waals surface area contributed by atoms with Gasteiger partial charge in [-0.3, -0.25) is 0 Å². The third-order valence-corrected chi connectivity index (χ3v) is 11.4. The molecule has 2 heterocycles. The van der Waals surface area contributed by atoms with Gasteiger partial charge in [0.1, 0.15) is 22.3 Å². The number of furan rings is 2. The van der Waals surface area contributed by atoms with Crippen LogP contribution in [0.5, 0.6) is 0 Å². The Kier molecular flexibility index (Phi) is 7.96. The van der Waals surface area contributed by atoms with Gasteiger partial charge in [-0.15, -0.1) is 0 Å². The molecule has 57 heavy (non-hydrogen) atoms. The Bertz CT molecular complexity index is 3150. The minimum atomic E-state index is 0.855. The zero-order chi connectivity index (χ0) is 37.7. The van der Waals surface area contributed by atoms with Crippen molar-refractivity contribution in [3.8, 4) is 22.3 Å². The number of anilines is 3. The molecule has 8 aromatic carbocycles. The fourth-order valence-corrected chi connectivity index (χ4v) is 8.66. The van der Waals surface area contributed by atoms with Crippen molar-refractivity contribution >= 4 is 72.1 Å². The van der Waals surface area contributed by atoms with Crippen LogP contribution in [-0.2, 0) is 0 Å². The average molecular weight is 732 g/mol. The Morgan fingerprint density at radius 3 is 1.58 bits per heavy atom. The normalized spacial score (nSPS) is 13.0. The van der Waals surface area contributed by atoms with E-state index in [2.05, 4.69) is 187 Å². The molecule has 0 fully saturated rings. The van der Waals surface area contributed by atoms with Gasteiger partial charge in [0.25, 0.3) is 0 Å². The van der Waals surface area contributed by atoms with E-state index in [0.717, 1.165) is 84.9 Å².